The molecule has 0 radical (unpaired) electrons. The molecule has 0 spiro atoms. The number of aliphatic carboxylic acids is 1. The molecule has 0 aromatic heterocycles. The second kappa shape index (κ2) is 11.6. The van der Waals surface area contributed by atoms with Crippen LogP contribution in [0.2, 0.25) is 0 Å². The summed E-state index contributed by atoms with van der Waals surface area (Å²) in [4.78, 5) is 19.0. The van der Waals surface area contributed by atoms with E-state index in [9.17, 15) is 13.2 Å². The lowest BCUT2D eigenvalue weighted by Gasteiger charge is -2.29. The van der Waals surface area contributed by atoms with Crippen LogP contribution in [0.15, 0.2) is 47.5 Å². The van der Waals surface area contributed by atoms with Gasteiger partial charge in [-0.3, -0.25) is 9.63 Å². The standard InChI is InChI=1S/C22H28N4O7S/c1-16-12-18(31-10-5-11-32-25-22(23)24-15-21(27)28)14-19(13-16)33-34(29,30)26-9-4-7-17-6-2-3-8-20(17)26/h2-3,6,8,12-14H,4-5,7,9-11,15H2,1H3,(H,27,28)(H3,23,24,25). The number of ether oxygens (including phenoxy) is 1. The summed E-state index contributed by atoms with van der Waals surface area (Å²) in [6, 6.07) is 12.3. The van der Waals surface area contributed by atoms with E-state index in [4.69, 9.17) is 24.6 Å². The van der Waals surface area contributed by atoms with E-state index in [1.165, 1.54) is 10.4 Å². The Morgan fingerprint density at radius 3 is 2.76 bits per heavy atom. The number of carboxylic acids is 1. The van der Waals surface area contributed by atoms with Gasteiger partial charge in [0.25, 0.3) is 0 Å². The van der Waals surface area contributed by atoms with Crippen molar-refractivity contribution in [2.75, 3.05) is 30.6 Å². The van der Waals surface area contributed by atoms with E-state index in [0.717, 1.165) is 24.0 Å². The quantitative estimate of drug-likeness (QED) is 0.184. The fourth-order valence-corrected chi connectivity index (χ4v) is 4.58. The average Bonchev–Trinajstić information content (AvgIpc) is 2.79. The van der Waals surface area contributed by atoms with Crippen LogP contribution in [-0.4, -0.2) is 51.8 Å². The number of guanidine groups is 1. The van der Waals surface area contributed by atoms with Crippen LogP contribution >= 0.6 is 0 Å². The van der Waals surface area contributed by atoms with Gasteiger partial charge in [-0.15, -0.1) is 0 Å². The van der Waals surface area contributed by atoms with Crippen molar-refractivity contribution in [3.8, 4) is 11.5 Å². The molecule has 0 saturated heterocycles. The van der Waals surface area contributed by atoms with E-state index in [-0.39, 0.29) is 24.9 Å². The molecule has 0 aliphatic carbocycles. The number of fused-ring (bicyclic) bond motifs is 1. The van der Waals surface area contributed by atoms with Crippen LogP contribution in [0.4, 0.5) is 5.69 Å². The highest BCUT2D eigenvalue weighted by Crippen LogP contribution is 2.31. The highest BCUT2D eigenvalue weighted by atomic mass is 32.2. The molecule has 11 nitrogen and oxygen atoms in total. The van der Waals surface area contributed by atoms with Crippen molar-refractivity contribution >= 4 is 27.9 Å². The molecule has 3 rings (SSSR count). The van der Waals surface area contributed by atoms with Crippen molar-refractivity contribution in [2.45, 2.75) is 26.2 Å². The fourth-order valence-electron chi connectivity index (χ4n) is 3.37. The molecule has 0 atom stereocenters. The molecular formula is C22H28N4O7S. The Labute approximate surface area is 198 Å². The molecule has 0 bridgehead atoms. The van der Waals surface area contributed by atoms with Crippen LogP contribution in [-0.2, 0) is 26.4 Å². The number of benzene rings is 2. The predicted octanol–water partition coefficient (Wildman–Crippen LogP) is 1.76. The lowest BCUT2D eigenvalue weighted by atomic mass is 10.0. The van der Waals surface area contributed by atoms with Crippen LogP contribution in [0.5, 0.6) is 11.5 Å². The zero-order valence-corrected chi connectivity index (χ0v) is 19.6. The van der Waals surface area contributed by atoms with Gasteiger partial charge in [-0.25, -0.2) is 14.8 Å². The molecular weight excluding hydrogens is 464 g/mol. The second-order valence-electron chi connectivity index (χ2n) is 7.57. The Morgan fingerprint density at radius 1 is 1.21 bits per heavy atom. The van der Waals surface area contributed by atoms with Crippen LogP contribution in [0.3, 0.4) is 0 Å². The molecule has 34 heavy (non-hydrogen) atoms. The van der Waals surface area contributed by atoms with Crippen LogP contribution in [0, 0.1) is 6.92 Å². The number of hydrogen-bond donors (Lipinski definition) is 3. The van der Waals surface area contributed by atoms with Crippen molar-refractivity contribution in [3.05, 3.63) is 53.6 Å². The lowest BCUT2D eigenvalue weighted by molar-refractivity contribution is -0.135. The zero-order chi connectivity index (χ0) is 24.6. The first-order chi connectivity index (χ1) is 16.2. The molecule has 4 N–H and O–H groups in total. The summed E-state index contributed by atoms with van der Waals surface area (Å²) in [6.07, 6.45) is 2.02. The maximum atomic E-state index is 13.0. The number of hydrogen-bond acceptors (Lipinski definition) is 7. The van der Waals surface area contributed by atoms with Gasteiger partial charge in [-0.05, 0) is 49.1 Å². The van der Waals surface area contributed by atoms with Gasteiger partial charge in [0.05, 0.1) is 18.9 Å². The second-order valence-corrected chi connectivity index (χ2v) is 9.04. The van der Waals surface area contributed by atoms with Crippen molar-refractivity contribution in [1.82, 2.24) is 5.48 Å². The molecule has 2 aromatic rings. The van der Waals surface area contributed by atoms with Gasteiger partial charge in [0.15, 0.2) is 0 Å². The third-order valence-corrected chi connectivity index (χ3v) is 6.11. The van der Waals surface area contributed by atoms with E-state index in [1.54, 1.807) is 18.2 Å². The number of aryl methyl sites for hydroxylation is 2. The van der Waals surface area contributed by atoms with Gasteiger partial charge in [0, 0.05) is 19.0 Å². The van der Waals surface area contributed by atoms with Gasteiger partial charge in [-0.1, -0.05) is 18.2 Å². The Morgan fingerprint density at radius 2 is 1.97 bits per heavy atom. The molecule has 0 fully saturated rings. The summed E-state index contributed by atoms with van der Waals surface area (Å²) in [7, 11) is -4.04. The maximum absolute atomic E-state index is 13.0. The van der Waals surface area contributed by atoms with Gasteiger partial charge >= 0.3 is 16.3 Å². The number of rotatable bonds is 11. The number of aliphatic imine (C=N–C) groups is 1. The van der Waals surface area contributed by atoms with Crippen LogP contribution in [0.25, 0.3) is 0 Å². The molecule has 0 amide bonds. The number of carbonyl (C=O) groups is 1. The number of para-hydroxylation sites is 1. The average molecular weight is 493 g/mol. The Kier molecular flexibility index (Phi) is 8.55. The molecule has 12 heteroatoms. The highest BCUT2D eigenvalue weighted by Gasteiger charge is 2.29. The topological polar surface area (TPSA) is 153 Å². The third-order valence-electron chi connectivity index (χ3n) is 4.78. The number of nitrogens with zero attached hydrogens (tertiary/aromatic N) is 2. The Hall–Kier alpha value is -3.51. The predicted molar refractivity (Wildman–Crippen MR) is 126 cm³/mol. The summed E-state index contributed by atoms with van der Waals surface area (Å²) >= 11 is 0. The van der Waals surface area contributed by atoms with Crippen LogP contribution < -0.4 is 24.4 Å². The summed E-state index contributed by atoms with van der Waals surface area (Å²) in [5, 5.41) is 8.53. The highest BCUT2D eigenvalue weighted by molar-refractivity contribution is 7.88. The number of hydroxylamine groups is 1. The zero-order valence-electron chi connectivity index (χ0n) is 18.8. The van der Waals surface area contributed by atoms with E-state index >= 15 is 0 Å². The minimum Gasteiger partial charge on any atom is -0.493 e. The van der Waals surface area contributed by atoms with Crippen LogP contribution in [0.1, 0.15) is 24.0 Å². The number of nitrogens with one attached hydrogen (secondary N) is 1. The van der Waals surface area contributed by atoms with Gasteiger partial charge in [0.1, 0.15) is 18.0 Å². The van der Waals surface area contributed by atoms with Crippen molar-refractivity contribution in [3.63, 3.8) is 0 Å². The third kappa shape index (κ3) is 7.25. The lowest BCUT2D eigenvalue weighted by Crippen LogP contribution is -2.38. The minimum atomic E-state index is -4.04. The summed E-state index contributed by atoms with van der Waals surface area (Å²) in [6.45, 7) is 2.22. The largest absolute Gasteiger partial charge is 0.493 e. The van der Waals surface area contributed by atoms with E-state index in [2.05, 4.69) is 10.5 Å². The molecule has 184 valence electrons. The number of anilines is 1. The number of nitrogens with two attached hydrogens (primary N) is 1. The monoisotopic (exact) mass is 492 g/mol. The Balaban J connectivity index is 1.53. The van der Waals surface area contributed by atoms with Gasteiger partial charge in [-0.2, -0.15) is 8.42 Å². The fraction of sp³-hybridized carbons (Fsp3) is 0.364. The summed E-state index contributed by atoms with van der Waals surface area (Å²) < 4.78 is 38.4. The van der Waals surface area contributed by atoms with Gasteiger partial charge in [0.2, 0.25) is 5.96 Å². The molecule has 0 unspecified atom stereocenters. The van der Waals surface area contributed by atoms with E-state index in [0.29, 0.717) is 24.4 Å². The minimum absolute atomic E-state index is 0.138. The summed E-state index contributed by atoms with van der Waals surface area (Å²) in [5.74, 6) is -0.618. The number of carboxylic acid groups (broad SMARTS) is 1. The SMILES string of the molecule is Cc1cc(OCCCONC(N)=NCC(=O)O)cc(OS(=O)(=O)N2CCCc3ccccc32)c1. The molecule has 1 aliphatic heterocycles. The Bertz CT molecular complexity index is 1140. The van der Waals surface area contributed by atoms with E-state index < -0.39 is 22.8 Å². The summed E-state index contributed by atoms with van der Waals surface area (Å²) in [5.41, 5.74) is 10.2. The molecule has 1 heterocycles. The van der Waals surface area contributed by atoms with Crippen molar-refractivity contribution < 1.29 is 32.1 Å². The first-order valence-electron chi connectivity index (χ1n) is 10.7. The molecule has 1 aliphatic rings. The van der Waals surface area contributed by atoms with E-state index in [1.807, 2.05) is 25.1 Å². The molecule has 2 aromatic carbocycles. The van der Waals surface area contributed by atoms with Crippen molar-refractivity contribution in [1.29, 1.82) is 0 Å². The first-order valence-corrected chi connectivity index (χ1v) is 12.1. The normalized spacial score (nSPS) is 13.8. The first kappa shape index (κ1) is 25.1. The molecule has 0 saturated carbocycles. The smallest absolute Gasteiger partial charge is 0.409 e. The maximum Gasteiger partial charge on any atom is 0.409 e. The van der Waals surface area contributed by atoms with Crippen molar-refractivity contribution in [2.24, 2.45) is 10.7 Å². The van der Waals surface area contributed by atoms with Gasteiger partial charge < -0.3 is 19.8 Å².